The van der Waals surface area contributed by atoms with Crippen molar-refractivity contribution in [2.75, 3.05) is 18.5 Å². The summed E-state index contributed by atoms with van der Waals surface area (Å²) in [6.07, 6.45) is 4.06. The molecule has 0 radical (unpaired) electrons. The van der Waals surface area contributed by atoms with Crippen LogP contribution in [0.25, 0.3) is 0 Å². The minimum atomic E-state index is 0.0209. The van der Waals surface area contributed by atoms with E-state index in [9.17, 15) is 0 Å². The van der Waals surface area contributed by atoms with Gasteiger partial charge in [-0.2, -0.15) is 0 Å². The van der Waals surface area contributed by atoms with Gasteiger partial charge >= 0.3 is 0 Å². The normalized spacial score (nSPS) is 12.2. The van der Waals surface area contributed by atoms with Crippen LogP contribution in [0.15, 0.2) is 30.9 Å². The van der Waals surface area contributed by atoms with Crippen molar-refractivity contribution >= 4 is 17.3 Å². The first-order chi connectivity index (χ1) is 8.06. The summed E-state index contributed by atoms with van der Waals surface area (Å²) in [4.78, 5) is 2.16. The van der Waals surface area contributed by atoms with Crippen LogP contribution in [0.5, 0.6) is 0 Å². The lowest BCUT2D eigenvalue weighted by atomic mass is 10.1. The molecule has 0 aliphatic rings. The molecule has 1 aromatic carbocycles. The predicted octanol–water partition coefficient (Wildman–Crippen LogP) is 3.76. The minimum absolute atomic E-state index is 0.0209. The van der Waals surface area contributed by atoms with Gasteiger partial charge in [0.2, 0.25) is 0 Å². The van der Waals surface area contributed by atoms with Gasteiger partial charge in [0.05, 0.1) is 10.7 Å². The van der Waals surface area contributed by atoms with E-state index in [4.69, 9.17) is 17.3 Å². The summed E-state index contributed by atoms with van der Waals surface area (Å²) in [6, 6.07) is 6.05. The molecule has 2 nitrogen and oxygen atoms in total. The standard InChI is InChI=1S/C14H21ClN2/c1-4-5-6-9-17(3)14-8-7-12(11(2)16)10-13(14)15/h4,7-8,10-11H,1,5-6,9,16H2,2-3H3/t11-/m0/s1. The zero-order valence-corrected chi connectivity index (χ0v) is 11.4. The predicted molar refractivity (Wildman–Crippen MR) is 76.8 cm³/mol. The molecule has 0 aliphatic carbocycles. The number of nitrogens with zero attached hydrogens (tertiary/aromatic N) is 1. The average molecular weight is 253 g/mol. The maximum atomic E-state index is 6.26. The second-order valence-electron chi connectivity index (χ2n) is 4.35. The summed E-state index contributed by atoms with van der Waals surface area (Å²) in [6.45, 7) is 6.65. The molecule has 0 bridgehead atoms. The van der Waals surface area contributed by atoms with Gasteiger partial charge in [-0.05, 0) is 37.5 Å². The Hall–Kier alpha value is -0.990. The maximum Gasteiger partial charge on any atom is 0.0642 e. The Morgan fingerprint density at radius 3 is 2.76 bits per heavy atom. The highest BCUT2D eigenvalue weighted by Gasteiger charge is 2.08. The van der Waals surface area contributed by atoms with E-state index in [1.54, 1.807) is 0 Å². The third kappa shape index (κ3) is 4.06. The van der Waals surface area contributed by atoms with E-state index in [2.05, 4.69) is 18.5 Å². The van der Waals surface area contributed by atoms with Crippen LogP contribution in [-0.2, 0) is 0 Å². The second kappa shape index (κ2) is 6.67. The van der Waals surface area contributed by atoms with Crippen molar-refractivity contribution < 1.29 is 0 Å². The fourth-order valence-corrected chi connectivity index (χ4v) is 2.04. The Kier molecular flexibility index (Phi) is 5.52. The van der Waals surface area contributed by atoms with Gasteiger partial charge in [-0.15, -0.1) is 6.58 Å². The van der Waals surface area contributed by atoms with E-state index in [0.29, 0.717) is 0 Å². The molecule has 0 aliphatic heterocycles. The van der Waals surface area contributed by atoms with Gasteiger partial charge in [-0.1, -0.05) is 23.7 Å². The molecule has 0 spiro atoms. The number of hydrogen-bond acceptors (Lipinski definition) is 2. The topological polar surface area (TPSA) is 29.3 Å². The number of rotatable bonds is 6. The lowest BCUT2D eigenvalue weighted by Gasteiger charge is -2.21. The summed E-state index contributed by atoms with van der Waals surface area (Å²) in [5.74, 6) is 0. The molecule has 0 heterocycles. The van der Waals surface area contributed by atoms with Crippen LogP contribution in [0.2, 0.25) is 5.02 Å². The third-order valence-corrected chi connectivity index (χ3v) is 3.11. The average Bonchev–Trinajstić information content (AvgIpc) is 2.28. The second-order valence-corrected chi connectivity index (χ2v) is 4.76. The Balaban J connectivity index is 2.73. The first-order valence-corrected chi connectivity index (χ1v) is 6.31. The molecule has 3 heteroatoms. The Labute approximate surface area is 109 Å². The number of anilines is 1. The van der Waals surface area contributed by atoms with E-state index in [-0.39, 0.29) is 6.04 Å². The van der Waals surface area contributed by atoms with Crippen LogP contribution < -0.4 is 10.6 Å². The van der Waals surface area contributed by atoms with E-state index in [0.717, 1.165) is 35.7 Å². The summed E-state index contributed by atoms with van der Waals surface area (Å²) in [5.41, 5.74) is 7.95. The minimum Gasteiger partial charge on any atom is -0.373 e. The van der Waals surface area contributed by atoms with Crippen LogP contribution in [0.4, 0.5) is 5.69 Å². The third-order valence-electron chi connectivity index (χ3n) is 2.81. The van der Waals surface area contributed by atoms with Crippen LogP contribution >= 0.6 is 11.6 Å². The zero-order chi connectivity index (χ0) is 12.8. The molecule has 0 saturated carbocycles. The van der Waals surface area contributed by atoms with Crippen molar-refractivity contribution in [2.24, 2.45) is 5.73 Å². The molecule has 0 saturated heterocycles. The van der Waals surface area contributed by atoms with Crippen LogP contribution in [0, 0.1) is 0 Å². The Morgan fingerprint density at radius 1 is 1.53 bits per heavy atom. The molecule has 0 unspecified atom stereocenters. The number of nitrogens with two attached hydrogens (primary N) is 1. The fourth-order valence-electron chi connectivity index (χ4n) is 1.71. The molecule has 0 aromatic heterocycles. The molecule has 17 heavy (non-hydrogen) atoms. The number of unbranched alkanes of at least 4 members (excludes halogenated alkanes) is 1. The van der Waals surface area contributed by atoms with Gasteiger partial charge in [0.15, 0.2) is 0 Å². The van der Waals surface area contributed by atoms with Crippen molar-refractivity contribution in [3.63, 3.8) is 0 Å². The SMILES string of the molecule is C=CCCCN(C)c1ccc([C@H](C)N)cc1Cl. The largest absolute Gasteiger partial charge is 0.373 e. The molecule has 1 atom stereocenters. The molecule has 1 rings (SSSR count). The Bertz CT molecular complexity index is 374. The highest BCUT2D eigenvalue weighted by molar-refractivity contribution is 6.33. The maximum absolute atomic E-state index is 6.26. The summed E-state index contributed by atoms with van der Waals surface area (Å²) >= 11 is 6.26. The number of halogens is 1. The molecule has 0 amide bonds. The molecule has 94 valence electrons. The molecular weight excluding hydrogens is 232 g/mol. The van der Waals surface area contributed by atoms with Crippen molar-refractivity contribution in [3.8, 4) is 0 Å². The molecular formula is C14H21ClN2. The van der Waals surface area contributed by atoms with Crippen LogP contribution in [0.1, 0.15) is 31.4 Å². The van der Waals surface area contributed by atoms with Gasteiger partial charge in [-0.25, -0.2) is 0 Å². The van der Waals surface area contributed by atoms with E-state index < -0.39 is 0 Å². The number of allylic oxidation sites excluding steroid dienone is 1. The van der Waals surface area contributed by atoms with Gasteiger partial charge in [0, 0.05) is 19.6 Å². The highest BCUT2D eigenvalue weighted by Crippen LogP contribution is 2.28. The fraction of sp³-hybridized carbons (Fsp3) is 0.429. The van der Waals surface area contributed by atoms with Crippen LogP contribution in [-0.4, -0.2) is 13.6 Å². The summed E-state index contributed by atoms with van der Waals surface area (Å²) in [7, 11) is 2.05. The first-order valence-electron chi connectivity index (χ1n) is 5.93. The first kappa shape index (κ1) is 14.1. The lowest BCUT2D eigenvalue weighted by molar-refractivity contribution is 0.797. The van der Waals surface area contributed by atoms with E-state index >= 15 is 0 Å². The van der Waals surface area contributed by atoms with Crippen molar-refractivity contribution in [2.45, 2.75) is 25.8 Å². The molecule has 1 aromatic rings. The van der Waals surface area contributed by atoms with Gasteiger partial charge in [0.1, 0.15) is 0 Å². The van der Waals surface area contributed by atoms with Crippen molar-refractivity contribution in [1.82, 2.24) is 0 Å². The van der Waals surface area contributed by atoms with Gasteiger partial charge < -0.3 is 10.6 Å². The lowest BCUT2D eigenvalue weighted by Crippen LogP contribution is -2.19. The van der Waals surface area contributed by atoms with Crippen molar-refractivity contribution in [1.29, 1.82) is 0 Å². The summed E-state index contributed by atoms with van der Waals surface area (Å²) < 4.78 is 0. The van der Waals surface area contributed by atoms with E-state index in [1.807, 2.05) is 31.2 Å². The quantitative estimate of drug-likeness (QED) is 0.617. The molecule has 2 N–H and O–H groups in total. The van der Waals surface area contributed by atoms with Gasteiger partial charge in [0.25, 0.3) is 0 Å². The number of benzene rings is 1. The monoisotopic (exact) mass is 252 g/mol. The van der Waals surface area contributed by atoms with E-state index in [1.165, 1.54) is 0 Å². The Morgan fingerprint density at radius 2 is 2.24 bits per heavy atom. The number of hydrogen-bond donors (Lipinski definition) is 1. The molecule has 0 fully saturated rings. The van der Waals surface area contributed by atoms with Crippen LogP contribution in [0.3, 0.4) is 0 Å². The van der Waals surface area contributed by atoms with Gasteiger partial charge in [-0.3, -0.25) is 0 Å². The summed E-state index contributed by atoms with van der Waals surface area (Å²) in [5, 5.41) is 0.765. The van der Waals surface area contributed by atoms with Crippen molar-refractivity contribution in [3.05, 3.63) is 41.4 Å². The zero-order valence-electron chi connectivity index (χ0n) is 10.6. The highest BCUT2D eigenvalue weighted by atomic mass is 35.5. The smallest absolute Gasteiger partial charge is 0.0642 e.